The normalized spacial score (nSPS) is 14.8. The van der Waals surface area contributed by atoms with Crippen LogP contribution in [-0.2, 0) is 27.2 Å². The summed E-state index contributed by atoms with van der Waals surface area (Å²) in [5.41, 5.74) is 7.33. The molecule has 1 aromatic heterocycles. The maximum absolute atomic E-state index is 12.9. The van der Waals surface area contributed by atoms with Crippen molar-refractivity contribution >= 4 is 17.8 Å². The lowest BCUT2D eigenvalue weighted by atomic mass is 9.96. The monoisotopic (exact) mass is 431 g/mol. The molecule has 0 unspecified atom stereocenters. The number of carboxylic acid groups (broad SMARTS) is 1. The summed E-state index contributed by atoms with van der Waals surface area (Å²) in [4.78, 5) is 43.7. The molecule has 31 heavy (non-hydrogen) atoms. The highest BCUT2D eigenvalue weighted by atomic mass is 16.4. The van der Waals surface area contributed by atoms with Crippen LogP contribution < -0.4 is 16.4 Å². The number of aromatic nitrogens is 2. The molecule has 0 bridgehead atoms. The molecular weight excluding hydrogens is 402 g/mol. The molecule has 1 heterocycles. The molecule has 4 atom stereocenters. The molecule has 7 N–H and O–H groups in total. The van der Waals surface area contributed by atoms with Gasteiger partial charge in [0, 0.05) is 18.3 Å². The number of aromatic amines is 1. The first-order chi connectivity index (χ1) is 14.7. The molecule has 0 spiro atoms. The highest BCUT2D eigenvalue weighted by Gasteiger charge is 2.31. The first-order valence-electron chi connectivity index (χ1n) is 10.1. The highest BCUT2D eigenvalue weighted by molar-refractivity contribution is 5.92. The summed E-state index contributed by atoms with van der Waals surface area (Å²) in [5.74, 6) is -2.44. The number of nitrogens with zero attached hydrogens (tertiary/aromatic N) is 1. The summed E-state index contributed by atoms with van der Waals surface area (Å²) in [7, 11) is 0. The first kappa shape index (κ1) is 23.9. The van der Waals surface area contributed by atoms with Crippen molar-refractivity contribution in [3.05, 3.63) is 48.0 Å². The molecule has 2 amide bonds. The van der Waals surface area contributed by atoms with Gasteiger partial charge in [-0.2, -0.15) is 0 Å². The maximum atomic E-state index is 12.9. The molecule has 0 aliphatic carbocycles. The lowest BCUT2D eigenvalue weighted by molar-refractivity contribution is -0.142. The Balaban J connectivity index is 2.04. The molecule has 0 saturated heterocycles. The third-order valence-corrected chi connectivity index (χ3v) is 5.12. The number of amides is 2. The Morgan fingerprint density at radius 2 is 1.81 bits per heavy atom. The Labute approximate surface area is 180 Å². The lowest BCUT2D eigenvalue weighted by Gasteiger charge is -2.26. The summed E-state index contributed by atoms with van der Waals surface area (Å²) in [6, 6.07) is 3.29. The molecule has 0 fully saturated rings. The van der Waals surface area contributed by atoms with Crippen LogP contribution in [-0.4, -0.2) is 56.1 Å². The van der Waals surface area contributed by atoms with E-state index in [1.165, 1.54) is 24.7 Å². The zero-order valence-corrected chi connectivity index (χ0v) is 17.5. The molecule has 2 rings (SSSR count). The molecule has 1 aromatic carbocycles. The number of hydrogen-bond acceptors (Lipinski definition) is 6. The Morgan fingerprint density at radius 3 is 2.35 bits per heavy atom. The minimum Gasteiger partial charge on any atom is -0.508 e. The fourth-order valence-corrected chi connectivity index (χ4v) is 3.02. The second-order valence-corrected chi connectivity index (χ2v) is 7.53. The van der Waals surface area contributed by atoms with Crippen LogP contribution in [0.1, 0.15) is 31.5 Å². The van der Waals surface area contributed by atoms with Crippen LogP contribution in [0.2, 0.25) is 0 Å². The Morgan fingerprint density at radius 1 is 1.13 bits per heavy atom. The molecule has 168 valence electrons. The van der Waals surface area contributed by atoms with E-state index < -0.39 is 35.9 Å². The van der Waals surface area contributed by atoms with Gasteiger partial charge in [-0.15, -0.1) is 0 Å². The van der Waals surface area contributed by atoms with Crippen LogP contribution in [0.15, 0.2) is 36.8 Å². The first-order valence-corrected chi connectivity index (χ1v) is 10.1. The number of H-pyrrole nitrogens is 1. The van der Waals surface area contributed by atoms with Gasteiger partial charge >= 0.3 is 5.97 Å². The minimum absolute atomic E-state index is 0.0304. The Kier molecular flexibility index (Phi) is 8.56. The van der Waals surface area contributed by atoms with Crippen molar-refractivity contribution in [3.8, 4) is 5.75 Å². The van der Waals surface area contributed by atoms with Gasteiger partial charge in [-0.1, -0.05) is 32.4 Å². The standard InChI is InChI=1S/C21H29N5O5/c1-3-12(2)18(20(29)25-17(21(30)31)9-14-10-23-11-24-14)26-19(28)16(22)8-13-4-6-15(27)7-5-13/h4-7,10-12,16-18,27H,3,8-9,22H2,1-2H3,(H,23,24)(H,25,29)(H,26,28)(H,30,31)/t12-,16-,17-,18-/m0/s1. The predicted molar refractivity (Wildman–Crippen MR) is 113 cm³/mol. The number of nitrogens with one attached hydrogen (secondary N) is 3. The molecule has 10 heteroatoms. The van der Waals surface area contributed by atoms with E-state index in [1.807, 2.05) is 6.92 Å². The predicted octanol–water partition coefficient (Wildman–Crippen LogP) is 0.328. The third-order valence-electron chi connectivity index (χ3n) is 5.12. The minimum atomic E-state index is -1.19. The number of carboxylic acids is 1. The zero-order chi connectivity index (χ0) is 23.0. The van der Waals surface area contributed by atoms with Gasteiger partial charge in [0.05, 0.1) is 12.4 Å². The van der Waals surface area contributed by atoms with Crippen molar-refractivity contribution in [3.63, 3.8) is 0 Å². The van der Waals surface area contributed by atoms with Crippen LogP contribution in [0.4, 0.5) is 0 Å². The van der Waals surface area contributed by atoms with Gasteiger partial charge in [0.15, 0.2) is 0 Å². The van der Waals surface area contributed by atoms with Gasteiger partial charge in [-0.05, 0) is 30.0 Å². The van der Waals surface area contributed by atoms with Crippen LogP contribution >= 0.6 is 0 Å². The number of hydrogen-bond donors (Lipinski definition) is 6. The van der Waals surface area contributed by atoms with E-state index in [0.29, 0.717) is 12.1 Å². The van der Waals surface area contributed by atoms with Gasteiger partial charge in [0.25, 0.3) is 0 Å². The van der Waals surface area contributed by atoms with Gasteiger partial charge < -0.3 is 31.6 Å². The Bertz CT molecular complexity index is 869. The quantitative estimate of drug-likeness (QED) is 0.298. The number of nitrogens with two attached hydrogens (primary N) is 1. The maximum Gasteiger partial charge on any atom is 0.326 e. The van der Waals surface area contributed by atoms with Crippen molar-refractivity contribution in [2.75, 3.05) is 0 Å². The average molecular weight is 431 g/mol. The van der Waals surface area contributed by atoms with E-state index in [-0.39, 0.29) is 24.5 Å². The Hall–Kier alpha value is -3.40. The van der Waals surface area contributed by atoms with E-state index >= 15 is 0 Å². The summed E-state index contributed by atoms with van der Waals surface area (Å²) >= 11 is 0. The number of benzene rings is 1. The number of carbonyl (C=O) groups excluding carboxylic acids is 2. The van der Waals surface area contributed by atoms with Crippen LogP contribution in [0, 0.1) is 5.92 Å². The number of phenols is 1. The number of rotatable bonds is 11. The van der Waals surface area contributed by atoms with Crippen molar-refractivity contribution < 1.29 is 24.6 Å². The van der Waals surface area contributed by atoms with Crippen molar-refractivity contribution in [1.29, 1.82) is 0 Å². The summed E-state index contributed by atoms with van der Waals surface area (Å²) < 4.78 is 0. The van der Waals surface area contributed by atoms with Gasteiger partial charge in [-0.3, -0.25) is 9.59 Å². The second-order valence-electron chi connectivity index (χ2n) is 7.53. The summed E-state index contributed by atoms with van der Waals surface area (Å²) in [5, 5.41) is 24.0. The van der Waals surface area contributed by atoms with Crippen molar-refractivity contribution in [1.82, 2.24) is 20.6 Å². The number of phenolic OH excluding ortho intramolecular Hbond substituents is 1. The van der Waals surface area contributed by atoms with E-state index in [0.717, 1.165) is 5.56 Å². The highest BCUT2D eigenvalue weighted by Crippen LogP contribution is 2.12. The largest absolute Gasteiger partial charge is 0.508 e. The van der Waals surface area contributed by atoms with Crippen LogP contribution in [0.25, 0.3) is 0 Å². The van der Waals surface area contributed by atoms with E-state index in [4.69, 9.17) is 5.73 Å². The van der Waals surface area contributed by atoms with Gasteiger partial charge in [0.2, 0.25) is 11.8 Å². The smallest absolute Gasteiger partial charge is 0.326 e. The number of aliphatic carboxylic acids is 1. The molecule has 0 radical (unpaired) electrons. The number of carbonyl (C=O) groups is 3. The topological polar surface area (TPSA) is 170 Å². The second kappa shape index (κ2) is 11.1. The molecule has 2 aromatic rings. The van der Waals surface area contributed by atoms with Crippen molar-refractivity contribution in [2.24, 2.45) is 11.7 Å². The zero-order valence-electron chi connectivity index (χ0n) is 17.5. The van der Waals surface area contributed by atoms with E-state index in [1.54, 1.807) is 19.1 Å². The molecular formula is C21H29N5O5. The molecule has 0 aliphatic rings. The fraction of sp³-hybridized carbons (Fsp3) is 0.429. The summed E-state index contributed by atoms with van der Waals surface area (Å²) in [6.07, 6.45) is 3.75. The van der Waals surface area contributed by atoms with Crippen LogP contribution in [0.5, 0.6) is 5.75 Å². The fourth-order valence-electron chi connectivity index (χ4n) is 3.02. The lowest BCUT2D eigenvalue weighted by Crippen LogP contribution is -2.57. The van der Waals surface area contributed by atoms with Gasteiger partial charge in [0.1, 0.15) is 17.8 Å². The average Bonchev–Trinajstić information content (AvgIpc) is 3.25. The molecule has 0 saturated carbocycles. The summed E-state index contributed by atoms with van der Waals surface area (Å²) in [6.45, 7) is 3.66. The molecule has 0 aliphatic heterocycles. The molecule has 10 nitrogen and oxygen atoms in total. The van der Waals surface area contributed by atoms with E-state index in [9.17, 15) is 24.6 Å². The third kappa shape index (κ3) is 7.10. The van der Waals surface area contributed by atoms with Crippen LogP contribution in [0.3, 0.4) is 0 Å². The van der Waals surface area contributed by atoms with E-state index in [2.05, 4.69) is 20.6 Å². The van der Waals surface area contributed by atoms with Gasteiger partial charge in [-0.25, -0.2) is 9.78 Å². The SMILES string of the molecule is CC[C@H](C)[C@H](NC(=O)[C@@H](N)Cc1ccc(O)cc1)C(=O)N[C@@H](Cc1cnc[nH]1)C(=O)O. The number of aromatic hydroxyl groups is 1. The van der Waals surface area contributed by atoms with Crippen molar-refractivity contribution in [2.45, 2.75) is 51.2 Å². The number of imidazole rings is 1.